The SMILES string of the molecule is CC(=O)Nc1cc(C(=O)N(CCO)C2CC2)ccc1C. The molecule has 2 amide bonds. The molecule has 0 atom stereocenters. The van der Waals surface area contributed by atoms with E-state index in [1.54, 1.807) is 17.0 Å². The summed E-state index contributed by atoms with van der Waals surface area (Å²) in [6.45, 7) is 3.64. The van der Waals surface area contributed by atoms with Crippen molar-refractivity contribution < 1.29 is 14.7 Å². The van der Waals surface area contributed by atoms with Gasteiger partial charge in [0.05, 0.1) is 6.61 Å². The minimum atomic E-state index is -0.160. The number of hydrogen-bond acceptors (Lipinski definition) is 3. The Labute approximate surface area is 118 Å². The minimum absolute atomic E-state index is 0.0351. The average Bonchev–Trinajstić information content (AvgIpc) is 3.21. The fraction of sp³-hybridized carbons (Fsp3) is 0.467. The first kappa shape index (κ1) is 14.5. The predicted octanol–water partition coefficient (Wildman–Crippen LogP) is 1.55. The van der Waals surface area contributed by atoms with E-state index in [-0.39, 0.29) is 24.5 Å². The number of rotatable bonds is 5. The second-order valence-electron chi connectivity index (χ2n) is 5.16. The second kappa shape index (κ2) is 6.05. The van der Waals surface area contributed by atoms with E-state index < -0.39 is 0 Å². The summed E-state index contributed by atoms with van der Waals surface area (Å²) in [6, 6.07) is 5.53. The summed E-state index contributed by atoms with van der Waals surface area (Å²) in [5, 5.41) is 11.8. The Kier molecular flexibility index (Phi) is 4.39. The lowest BCUT2D eigenvalue weighted by Gasteiger charge is -2.22. The van der Waals surface area contributed by atoms with Crippen LogP contribution in [0, 0.1) is 6.92 Å². The first-order valence-corrected chi connectivity index (χ1v) is 6.83. The number of anilines is 1. The number of nitrogens with zero attached hydrogens (tertiary/aromatic N) is 1. The highest BCUT2D eigenvalue weighted by Gasteiger charge is 2.32. The molecule has 1 aliphatic rings. The molecule has 20 heavy (non-hydrogen) atoms. The van der Waals surface area contributed by atoms with Gasteiger partial charge in [-0.25, -0.2) is 0 Å². The zero-order chi connectivity index (χ0) is 14.7. The van der Waals surface area contributed by atoms with Crippen LogP contribution < -0.4 is 5.32 Å². The highest BCUT2D eigenvalue weighted by Crippen LogP contribution is 2.28. The summed E-state index contributed by atoms with van der Waals surface area (Å²) >= 11 is 0. The molecule has 1 aromatic rings. The maximum atomic E-state index is 12.5. The van der Waals surface area contributed by atoms with Crippen LogP contribution in [0.2, 0.25) is 0 Å². The van der Waals surface area contributed by atoms with Crippen LogP contribution >= 0.6 is 0 Å². The van der Waals surface area contributed by atoms with Gasteiger partial charge in [-0.2, -0.15) is 0 Å². The van der Waals surface area contributed by atoms with Crippen LogP contribution in [0.15, 0.2) is 18.2 Å². The van der Waals surface area contributed by atoms with Crippen molar-refractivity contribution >= 4 is 17.5 Å². The molecule has 2 N–H and O–H groups in total. The van der Waals surface area contributed by atoms with E-state index in [4.69, 9.17) is 5.11 Å². The Morgan fingerprint density at radius 2 is 2.10 bits per heavy atom. The molecule has 1 saturated carbocycles. The largest absolute Gasteiger partial charge is 0.395 e. The van der Waals surface area contributed by atoms with Gasteiger partial charge in [-0.15, -0.1) is 0 Å². The Morgan fingerprint density at radius 3 is 2.65 bits per heavy atom. The molecule has 1 fully saturated rings. The third-order valence-corrected chi connectivity index (χ3v) is 3.38. The number of amides is 2. The summed E-state index contributed by atoms with van der Waals surface area (Å²) in [5.41, 5.74) is 2.11. The highest BCUT2D eigenvalue weighted by molar-refractivity contribution is 5.97. The lowest BCUT2D eigenvalue weighted by atomic mass is 10.1. The summed E-state index contributed by atoms with van der Waals surface area (Å²) in [6.07, 6.45) is 1.99. The molecule has 0 unspecified atom stereocenters. The number of carbonyl (C=O) groups excluding carboxylic acids is 2. The predicted molar refractivity (Wildman–Crippen MR) is 76.6 cm³/mol. The fourth-order valence-electron chi connectivity index (χ4n) is 2.19. The van der Waals surface area contributed by atoms with Crippen LogP contribution in [-0.2, 0) is 4.79 Å². The molecule has 2 rings (SSSR count). The summed E-state index contributed by atoms with van der Waals surface area (Å²) in [4.78, 5) is 25.3. The van der Waals surface area contributed by atoms with E-state index in [9.17, 15) is 9.59 Å². The van der Waals surface area contributed by atoms with E-state index in [0.29, 0.717) is 17.8 Å². The van der Waals surface area contributed by atoms with Crippen LogP contribution in [-0.4, -0.2) is 41.0 Å². The van der Waals surface area contributed by atoms with Crippen LogP contribution in [0.1, 0.15) is 35.7 Å². The molecule has 108 valence electrons. The van der Waals surface area contributed by atoms with Gasteiger partial charge < -0.3 is 15.3 Å². The van der Waals surface area contributed by atoms with Crippen molar-refractivity contribution in [1.29, 1.82) is 0 Å². The molecule has 0 radical (unpaired) electrons. The molecule has 5 nitrogen and oxygen atoms in total. The van der Waals surface area contributed by atoms with Gasteiger partial charge in [-0.05, 0) is 37.5 Å². The number of aliphatic hydroxyl groups is 1. The molecule has 0 saturated heterocycles. The van der Waals surface area contributed by atoms with Crippen molar-refractivity contribution in [2.45, 2.75) is 32.7 Å². The van der Waals surface area contributed by atoms with Gasteiger partial charge in [0.25, 0.3) is 5.91 Å². The highest BCUT2D eigenvalue weighted by atomic mass is 16.3. The van der Waals surface area contributed by atoms with Gasteiger partial charge in [0.15, 0.2) is 0 Å². The monoisotopic (exact) mass is 276 g/mol. The zero-order valence-corrected chi connectivity index (χ0v) is 11.8. The number of hydrogen-bond donors (Lipinski definition) is 2. The van der Waals surface area contributed by atoms with Crippen molar-refractivity contribution in [3.63, 3.8) is 0 Å². The number of aliphatic hydroxyl groups excluding tert-OH is 1. The van der Waals surface area contributed by atoms with Crippen LogP contribution in [0.4, 0.5) is 5.69 Å². The fourth-order valence-corrected chi connectivity index (χ4v) is 2.19. The average molecular weight is 276 g/mol. The van der Waals surface area contributed by atoms with Crippen LogP contribution in [0.25, 0.3) is 0 Å². The Morgan fingerprint density at radius 1 is 1.40 bits per heavy atom. The summed E-state index contributed by atoms with van der Waals surface area (Å²) in [5.74, 6) is -0.250. The maximum absolute atomic E-state index is 12.5. The molecule has 0 spiro atoms. The van der Waals surface area contributed by atoms with E-state index >= 15 is 0 Å². The Balaban J connectivity index is 2.22. The molecule has 0 heterocycles. The quantitative estimate of drug-likeness (QED) is 0.857. The van der Waals surface area contributed by atoms with Gasteiger partial charge in [0.2, 0.25) is 5.91 Å². The third-order valence-electron chi connectivity index (χ3n) is 3.38. The first-order chi connectivity index (χ1) is 9.52. The smallest absolute Gasteiger partial charge is 0.254 e. The molecular weight excluding hydrogens is 256 g/mol. The Hall–Kier alpha value is -1.88. The van der Waals surface area contributed by atoms with Crippen molar-refractivity contribution in [3.05, 3.63) is 29.3 Å². The number of carbonyl (C=O) groups is 2. The maximum Gasteiger partial charge on any atom is 0.254 e. The van der Waals surface area contributed by atoms with Gasteiger partial charge in [-0.3, -0.25) is 9.59 Å². The van der Waals surface area contributed by atoms with Crippen molar-refractivity contribution in [1.82, 2.24) is 4.90 Å². The summed E-state index contributed by atoms with van der Waals surface area (Å²) < 4.78 is 0. The number of aryl methyl sites for hydroxylation is 1. The van der Waals surface area contributed by atoms with Crippen molar-refractivity contribution in [2.75, 3.05) is 18.5 Å². The minimum Gasteiger partial charge on any atom is -0.395 e. The third kappa shape index (κ3) is 3.36. The molecule has 5 heteroatoms. The lowest BCUT2D eigenvalue weighted by molar-refractivity contribution is -0.114. The van der Waals surface area contributed by atoms with E-state index in [1.807, 2.05) is 13.0 Å². The van der Waals surface area contributed by atoms with E-state index in [1.165, 1.54) is 6.92 Å². The van der Waals surface area contributed by atoms with Crippen LogP contribution in [0.3, 0.4) is 0 Å². The van der Waals surface area contributed by atoms with E-state index in [2.05, 4.69) is 5.32 Å². The number of benzene rings is 1. The van der Waals surface area contributed by atoms with Gasteiger partial charge in [0, 0.05) is 30.8 Å². The lowest BCUT2D eigenvalue weighted by Crippen LogP contribution is -2.35. The second-order valence-corrected chi connectivity index (χ2v) is 5.16. The molecule has 0 aromatic heterocycles. The number of nitrogens with one attached hydrogen (secondary N) is 1. The zero-order valence-electron chi connectivity index (χ0n) is 11.8. The van der Waals surface area contributed by atoms with Gasteiger partial charge in [-0.1, -0.05) is 6.07 Å². The Bertz CT molecular complexity index is 524. The van der Waals surface area contributed by atoms with Crippen LogP contribution in [0.5, 0.6) is 0 Å². The molecule has 1 aliphatic carbocycles. The van der Waals surface area contributed by atoms with Crippen molar-refractivity contribution in [2.24, 2.45) is 0 Å². The normalized spacial score (nSPS) is 13.9. The molecular formula is C15H20N2O3. The van der Waals surface area contributed by atoms with Gasteiger partial charge in [0.1, 0.15) is 0 Å². The van der Waals surface area contributed by atoms with Gasteiger partial charge >= 0.3 is 0 Å². The topological polar surface area (TPSA) is 69.6 Å². The molecule has 1 aromatic carbocycles. The summed E-state index contributed by atoms with van der Waals surface area (Å²) in [7, 11) is 0. The molecule has 0 bridgehead atoms. The van der Waals surface area contributed by atoms with Crippen molar-refractivity contribution in [3.8, 4) is 0 Å². The standard InChI is InChI=1S/C15H20N2O3/c1-10-3-4-12(9-14(10)16-11(2)19)15(20)17(7-8-18)13-5-6-13/h3-4,9,13,18H,5-8H2,1-2H3,(H,16,19). The first-order valence-electron chi connectivity index (χ1n) is 6.83. The molecule has 0 aliphatic heterocycles. The van der Waals surface area contributed by atoms with E-state index in [0.717, 1.165) is 18.4 Å².